The van der Waals surface area contributed by atoms with Gasteiger partial charge in [-0.2, -0.15) is 0 Å². The predicted octanol–water partition coefficient (Wildman–Crippen LogP) is 3.28. The summed E-state index contributed by atoms with van der Waals surface area (Å²) in [6, 6.07) is 0. The lowest BCUT2D eigenvalue weighted by atomic mass is 9.79. The number of rotatable bonds is 9. The Morgan fingerprint density at radius 2 is 2.21 bits per heavy atom. The minimum atomic E-state index is -0.0264. The van der Waals surface area contributed by atoms with E-state index in [-0.39, 0.29) is 18.1 Å². The van der Waals surface area contributed by atoms with Gasteiger partial charge in [0, 0.05) is 25.1 Å². The van der Waals surface area contributed by atoms with Gasteiger partial charge in [-0.3, -0.25) is 4.79 Å². The second-order valence-electron chi connectivity index (χ2n) is 5.65. The summed E-state index contributed by atoms with van der Waals surface area (Å²) in [4.78, 5) is 14.3. The zero-order chi connectivity index (χ0) is 14.1. The van der Waals surface area contributed by atoms with Gasteiger partial charge >= 0.3 is 0 Å². The average Bonchev–Trinajstić information content (AvgIpc) is 2.39. The number of hydrogen-bond acceptors (Lipinski definition) is 2. The molecule has 1 fully saturated rings. The highest BCUT2D eigenvalue weighted by Crippen LogP contribution is 2.37. The van der Waals surface area contributed by atoms with Crippen molar-refractivity contribution in [3.05, 3.63) is 12.7 Å². The van der Waals surface area contributed by atoms with Crippen molar-refractivity contribution in [1.82, 2.24) is 4.90 Å². The van der Waals surface area contributed by atoms with Gasteiger partial charge in [0.1, 0.15) is 0 Å². The third-order valence-corrected chi connectivity index (χ3v) is 4.22. The van der Waals surface area contributed by atoms with E-state index in [0.717, 1.165) is 25.7 Å². The van der Waals surface area contributed by atoms with Crippen molar-refractivity contribution in [2.75, 3.05) is 13.2 Å². The molecule has 0 spiro atoms. The molecule has 0 radical (unpaired) electrons. The topological polar surface area (TPSA) is 40.5 Å². The van der Waals surface area contributed by atoms with Crippen LogP contribution in [0.25, 0.3) is 0 Å². The monoisotopic (exact) mass is 267 g/mol. The van der Waals surface area contributed by atoms with E-state index in [1.54, 1.807) is 0 Å². The Balaban J connectivity index is 2.80. The lowest BCUT2D eigenvalue weighted by Crippen LogP contribution is -2.54. The first-order valence-corrected chi connectivity index (χ1v) is 7.72. The van der Waals surface area contributed by atoms with Crippen molar-refractivity contribution in [3.63, 3.8) is 0 Å². The largest absolute Gasteiger partial charge is 0.396 e. The van der Waals surface area contributed by atoms with E-state index >= 15 is 0 Å². The van der Waals surface area contributed by atoms with Gasteiger partial charge in [-0.25, -0.2) is 0 Å². The summed E-state index contributed by atoms with van der Waals surface area (Å²) in [5.41, 5.74) is -0.0264. The van der Waals surface area contributed by atoms with E-state index in [1.165, 1.54) is 19.3 Å². The van der Waals surface area contributed by atoms with E-state index in [4.69, 9.17) is 5.11 Å². The van der Waals surface area contributed by atoms with Gasteiger partial charge in [0.05, 0.1) is 0 Å². The van der Waals surface area contributed by atoms with Crippen LogP contribution in [0.3, 0.4) is 0 Å². The van der Waals surface area contributed by atoms with Gasteiger partial charge < -0.3 is 10.0 Å². The first-order valence-electron chi connectivity index (χ1n) is 7.72. The van der Waals surface area contributed by atoms with Crippen LogP contribution in [-0.4, -0.2) is 34.6 Å². The summed E-state index contributed by atoms with van der Waals surface area (Å²) in [6.45, 7) is 6.93. The van der Waals surface area contributed by atoms with Gasteiger partial charge in [0.15, 0.2) is 0 Å². The SMILES string of the molecule is C=CCC1(CCCCC)CCCC(=O)N1CCCO. The quantitative estimate of drug-likeness (QED) is 0.514. The summed E-state index contributed by atoms with van der Waals surface area (Å²) in [7, 11) is 0. The highest BCUT2D eigenvalue weighted by Gasteiger charge is 2.40. The van der Waals surface area contributed by atoms with Crippen molar-refractivity contribution in [3.8, 4) is 0 Å². The molecule has 1 rings (SSSR count). The Morgan fingerprint density at radius 3 is 2.84 bits per heavy atom. The van der Waals surface area contributed by atoms with Crippen molar-refractivity contribution < 1.29 is 9.90 Å². The predicted molar refractivity (Wildman–Crippen MR) is 79.0 cm³/mol. The molecule has 1 unspecified atom stereocenters. The minimum absolute atomic E-state index is 0.0264. The molecule has 0 saturated carbocycles. The van der Waals surface area contributed by atoms with Crippen molar-refractivity contribution >= 4 is 5.91 Å². The normalized spacial score (nSPS) is 23.7. The fourth-order valence-electron chi connectivity index (χ4n) is 3.24. The summed E-state index contributed by atoms with van der Waals surface area (Å²) in [6.07, 6.45) is 10.9. The Bertz CT molecular complexity index is 290. The maximum atomic E-state index is 12.2. The number of aliphatic hydroxyl groups excluding tert-OH is 1. The van der Waals surface area contributed by atoms with Crippen LogP contribution in [0, 0.1) is 0 Å². The fraction of sp³-hybridized carbons (Fsp3) is 0.812. The summed E-state index contributed by atoms with van der Waals surface area (Å²) >= 11 is 0. The van der Waals surface area contributed by atoms with Gasteiger partial charge in [-0.1, -0.05) is 32.3 Å². The molecule has 1 atom stereocenters. The maximum absolute atomic E-state index is 12.2. The number of aliphatic hydroxyl groups is 1. The lowest BCUT2D eigenvalue weighted by molar-refractivity contribution is -0.142. The average molecular weight is 267 g/mol. The van der Waals surface area contributed by atoms with E-state index in [2.05, 4.69) is 13.5 Å². The smallest absolute Gasteiger partial charge is 0.223 e. The van der Waals surface area contributed by atoms with Crippen LogP contribution < -0.4 is 0 Å². The molecule has 0 aliphatic carbocycles. The molecule has 0 aromatic heterocycles. The third-order valence-electron chi connectivity index (χ3n) is 4.22. The van der Waals surface area contributed by atoms with E-state index in [0.29, 0.717) is 19.4 Å². The first kappa shape index (κ1) is 16.2. The van der Waals surface area contributed by atoms with Crippen molar-refractivity contribution in [2.45, 2.75) is 70.3 Å². The molecule has 19 heavy (non-hydrogen) atoms. The molecule has 3 heteroatoms. The fourth-order valence-corrected chi connectivity index (χ4v) is 3.24. The second-order valence-corrected chi connectivity index (χ2v) is 5.65. The molecular weight excluding hydrogens is 238 g/mol. The molecule has 0 bridgehead atoms. The maximum Gasteiger partial charge on any atom is 0.223 e. The molecular formula is C16H29NO2. The van der Waals surface area contributed by atoms with Gasteiger partial charge in [0.25, 0.3) is 0 Å². The second kappa shape index (κ2) is 8.36. The molecule has 1 aliphatic heterocycles. The number of likely N-dealkylation sites (tertiary alicyclic amines) is 1. The molecule has 0 aromatic rings. The number of amides is 1. The number of hydrogen-bond donors (Lipinski definition) is 1. The van der Waals surface area contributed by atoms with Gasteiger partial charge in [-0.05, 0) is 32.1 Å². The zero-order valence-electron chi connectivity index (χ0n) is 12.4. The lowest BCUT2D eigenvalue weighted by Gasteiger charge is -2.47. The van der Waals surface area contributed by atoms with Gasteiger partial charge in [0.2, 0.25) is 5.91 Å². The molecule has 1 heterocycles. The molecule has 0 aromatic carbocycles. The van der Waals surface area contributed by atoms with Crippen LogP contribution in [-0.2, 0) is 4.79 Å². The van der Waals surface area contributed by atoms with Crippen LogP contribution in [0.4, 0.5) is 0 Å². The van der Waals surface area contributed by atoms with Crippen LogP contribution in [0.2, 0.25) is 0 Å². The van der Waals surface area contributed by atoms with Crippen LogP contribution in [0.5, 0.6) is 0 Å². The van der Waals surface area contributed by atoms with Crippen molar-refractivity contribution in [2.24, 2.45) is 0 Å². The number of unbranched alkanes of at least 4 members (excludes halogenated alkanes) is 2. The standard InChI is InChI=1S/C16H29NO2/c1-3-5-6-11-16(10-4-2)12-7-9-15(19)17(16)13-8-14-18/h4,18H,2-3,5-14H2,1H3. The summed E-state index contributed by atoms with van der Waals surface area (Å²) in [5.74, 6) is 0.262. The Morgan fingerprint density at radius 1 is 1.42 bits per heavy atom. The Hall–Kier alpha value is -0.830. The number of carbonyl (C=O) groups excluding carboxylic acids is 1. The summed E-state index contributed by atoms with van der Waals surface area (Å²) < 4.78 is 0. The zero-order valence-corrected chi connectivity index (χ0v) is 12.4. The molecule has 1 aliphatic rings. The van der Waals surface area contributed by atoms with Crippen molar-refractivity contribution in [1.29, 1.82) is 0 Å². The van der Waals surface area contributed by atoms with Crippen LogP contribution in [0.15, 0.2) is 12.7 Å². The van der Waals surface area contributed by atoms with E-state index < -0.39 is 0 Å². The molecule has 1 saturated heterocycles. The number of carbonyl (C=O) groups is 1. The highest BCUT2D eigenvalue weighted by atomic mass is 16.3. The molecule has 1 N–H and O–H groups in total. The highest BCUT2D eigenvalue weighted by molar-refractivity contribution is 5.78. The van der Waals surface area contributed by atoms with Gasteiger partial charge in [-0.15, -0.1) is 6.58 Å². The minimum Gasteiger partial charge on any atom is -0.396 e. The third kappa shape index (κ3) is 4.34. The number of nitrogens with zero attached hydrogens (tertiary/aromatic N) is 1. The van der Waals surface area contributed by atoms with E-state index in [9.17, 15) is 4.79 Å². The van der Waals surface area contributed by atoms with Crippen LogP contribution in [0.1, 0.15) is 64.7 Å². The Labute approximate surface area is 117 Å². The number of piperidine rings is 1. The molecule has 3 nitrogen and oxygen atoms in total. The van der Waals surface area contributed by atoms with E-state index in [1.807, 2.05) is 11.0 Å². The Kier molecular flexibility index (Phi) is 7.14. The summed E-state index contributed by atoms with van der Waals surface area (Å²) in [5, 5.41) is 9.04. The molecule has 1 amide bonds. The molecule has 110 valence electrons. The first-order chi connectivity index (χ1) is 9.20. The van der Waals surface area contributed by atoms with Crippen LogP contribution >= 0.6 is 0 Å².